The standard InChI is InChI=1S/C12H23N5/c1-10(2)17(4)12-8-11(15-9-16-12)14-7-5-6-13-3/h8-10,13H,5-7H2,1-4H3,(H,14,15,16). The van der Waals surface area contributed by atoms with Crippen molar-refractivity contribution >= 4 is 11.6 Å². The fourth-order valence-corrected chi connectivity index (χ4v) is 1.38. The molecule has 0 aromatic carbocycles. The zero-order valence-corrected chi connectivity index (χ0v) is 11.2. The lowest BCUT2D eigenvalue weighted by molar-refractivity contribution is 0.738. The van der Waals surface area contributed by atoms with Gasteiger partial charge in [0.2, 0.25) is 0 Å². The molecule has 2 N–H and O–H groups in total. The summed E-state index contributed by atoms with van der Waals surface area (Å²) in [5, 5.41) is 6.41. The topological polar surface area (TPSA) is 53.1 Å². The van der Waals surface area contributed by atoms with Crippen LogP contribution in [0.2, 0.25) is 0 Å². The first-order chi connectivity index (χ1) is 8.15. The van der Waals surface area contributed by atoms with Gasteiger partial charge in [-0.15, -0.1) is 0 Å². The Morgan fingerprint density at radius 3 is 2.71 bits per heavy atom. The van der Waals surface area contributed by atoms with Gasteiger partial charge in [-0.1, -0.05) is 0 Å². The Balaban J connectivity index is 2.53. The molecule has 0 atom stereocenters. The van der Waals surface area contributed by atoms with E-state index in [0.29, 0.717) is 6.04 Å². The minimum absolute atomic E-state index is 0.432. The molecule has 0 aliphatic heterocycles. The van der Waals surface area contributed by atoms with Crippen molar-refractivity contribution in [1.29, 1.82) is 0 Å². The molecule has 5 heteroatoms. The van der Waals surface area contributed by atoms with Crippen LogP contribution < -0.4 is 15.5 Å². The van der Waals surface area contributed by atoms with E-state index >= 15 is 0 Å². The van der Waals surface area contributed by atoms with Crippen LogP contribution in [0.4, 0.5) is 11.6 Å². The molecule has 0 amide bonds. The van der Waals surface area contributed by atoms with Gasteiger partial charge in [-0.25, -0.2) is 9.97 Å². The average molecular weight is 237 g/mol. The Morgan fingerprint density at radius 1 is 1.29 bits per heavy atom. The van der Waals surface area contributed by atoms with Crippen LogP contribution in [0.5, 0.6) is 0 Å². The van der Waals surface area contributed by atoms with E-state index in [0.717, 1.165) is 31.1 Å². The summed E-state index contributed by atoms with van der Waals surface area (Å²) in [7, 11) is 4.00. The van der Waals surface area contributed by atoms with Gasteiger partial charge in [-0.05, 0) is 33.9 Å². The quantitative estimate of drug-likeness (QED) is 0.701. The Labute approximate surface area is 104 Å². The van der Waals surface area contributed by atoms with Gasteiger partial charge < -0.3 is 15.5 Å². The number of nitrogens with one attached hydrogen (secondary N) is 2. The second-order valence-corrected chi connectivity index (χ2v) is 4.35. The Morgan fingerprint density at radius 2 is 2.06 bits per heavy atom. The predicted octanol–water partition coefficient (Wildman–Crippen LogP) is 1.34. The SMILES string of the molecule is CNCCCNc1cc(N(C)C(C)C)ncn1. The highest BCUT2D eigenvalue weighted by molar-refractivity contribution is 5.48. The van der Waals surface area contributed by atoms with E-state index in [4.69, 9.17) is 0 Å². The van der Waals surface area contributed by atoms with E-state index in [9.17, 15) is 0 Å². The maximum Gasteiger partial charge on any atom is 0.134 e. The minimum Gasteiger partial charge on any atom is -0.370 e. The third kappa shape index (κ3) is 4.56. The molecule has 0 bridgehead atoms. The van der Waals surface area contributed by atoms with E-state index < -0.39 is 0 Å². The van der Waals surface area contributed by atoms with Gasteiger partial charge in [0.25, 0.3) is 0 Å². The molecule has 1 aromatic rings. The molecule has 1 aromatic heterocycles. The van der Waals surface area contributed by atoms with Crippen LogP contribution in [-0.4, -0.2) is 43.2 Å². The van der Waals surface area contributed by atoms with Gasteiger partial charge in [0.05, 0.1) is 0 Å². The van der Waals surface area contributed by atoms with E-state index in [2.05, 4.69) is 39.3 Å². The monoisotopic (exact) mass is 237 g/mol. The van der Waals surface area contributed by atoms with Crippen LogP contribution in [0.15, 0.2) is 12.4 Å². The lowest BCUT2D eigenvalue weighted by Crippen LogP contribution is -2.26. The maximum atomic E-state index is 4.27. The van der Waals surface area contributed by atoms with Gasteiger partial charge >= 0.3 is 0 Å². The predicted molar refractivity (Wildman–Crippen MR) is 72.6 cm³/mol. The van der Waals surface area contributed by atoms with Crippen molar-refractivity contribution in [2.24, 2.45) is 0 Å². The van der Waals surface area contributed by atoms with Crippen molar-refractivity contribution in [3.63, 3.8) is 0 Å². The van der Waals surface area contributed by atoms with E-state index in [1.807, 2.05) is 20.2 Å². The summed E-state index contributed by atoms with van der Waals surface area (Å²) in [6.07, 6.45) is 2.68. The summed E-state index contributed by atoms with van der Waals surface area (Å²) in [5.74, 6) is 1.84. The molecule has 96 valence electrons. The van der Waals surface area contributed by atoms with E-state index in [1.165, 1.54) is 0 Å². The molecule has 0 unspecified atom stereocenters. The fourth-order valence-electron chi connectivity index (χ4n) is 1.38. The summed E-state index contributed by atoms with van der Waals surface area (Å²) >= 11 is 0. The van der Waals surface area contributed by atoms with Crippen LogP contribution >= 0.6 is 0 Å². The number of rotatable bonds is 7. The first-order valence-corrected chi connectivity index (χ1v) is 6.08. The smallest absolute Gasteiger partial charge is 0.134 e. The van der Waals surface area contributed by atoms with Gasteiger partial charge in [0.1, 0.15) is 18.0 Å². The molecule has 0 aliphatic rings. The highest BCUT2D eigenvalue weighted by Gasteiger charge is 2.07. The Bertz CT molecular complexity index is 326. The highest BCUT2D eigenvalue weighted by Crippen LogP contribution is 2.14. The molecule has 0 saturated carbocycles. The summed E-state index contributed by atoms with van der Waals surface area (Å²) in [6, 6.07) is 2.42. The molecule has 1 rings (SSSR count). The molecule has 0 fully saturated rings. The first kappa shape index (κ1) is 13.7. The number of anilines is 2. The van der Waals surface area contributed by atoms with Gasteiger partial charge in [0, 0.05) is 25.7 Å². The van der Waals surface area contributed by atoms with Crippen molar-refractivity contribution in [3.05, 3.63) is 12.4 Å². The minimum atomic E-state index is 0.432. The average Bonchev–Trinajstić information content (AvgIpc) is 2.34. The summed E-state index contributed by atoms with van der Waals surface area (Å²) in [6.45, 7) is 6.21. The van der Waals surface area contributed by atoms with Crippen LogP contribution in [0.3, 0.4) is 0 Å². The number of hydrogen-bond donors (Lipinski definition) is 2. The number of hydrogen-bond acceptors (Lipinski definition) is 5. The van der Waals surface area contributed by atoms with Crippen LogP contribution in [0, 0.1) is 0 Å². The molecule has 17 heavy (non-hydrogen) atoms. The molecule has 5 nitrogen and oxygen atoms in total. The first-order valence-electron chi connectivity index (χ1n) is 6.08. The largest absolute Gasteiger partial charge is 0.370 e. The second-order valence-electron chi connectivity index (χ2n) is 4.35. The van der Waals surface area contributed by atoms with Crippen molar-refractivity contribution < 1.29 is 0 Å². The lowest BCUT2D eigenvalue weighted by Gasteiger charge is -2.22. The third-order valence-corrected chi connectivity index (χ3v) is 2.70. The lowest BCUT2D eigenvalue weighted by atomic mass is 10.3. The van der Waals surface area contributed by atoms with Crippen molar-refractivity contribution in [2.75, 3.05) is 37.4 Å². The van der Waals surface area contributed by atoms with Crippen LogP contribution in [0.25, 0.3) is 0 Å². The molecule has 0 saturated heterocycles. The summed E-state index contributed by atoms with van der Waals surface area (Å²) in [4.78, 5) is 10.6. The third-order valence-electron chi connectivity index (χ3n) is 2.70. The van der Waals surface area contributed by atoms with Gasteiger partial charge in [-0.3, -0.25) is 0 Å². The molecule has 0 radical (unpaired) electrons. The van der Waals surface area contributed by atoms with Crippen LogP contribution in [0.1, 0.15) is 20.3 Å². The van der Waals surface area contributed by atoms with E-state index in [1.54, 1.807) is 6.33 Å². The maximum absolute atomic E-state index is 4.27. The van der Waals surface area contributed by atoms with Gasteiger partial charge in [-0.2, -0.15) is 0 Å². The second kappa shape index (κ2) is 7.06. The van der Waals surface area contributed by atoms with Gasteiger partial charge in [0.15, 0.2) is 0 Å². The van der Waals surface area contributed by atoms with Crippen molar-refractivity contribution in [1.82, 2.24) is 15.3 Å². The van der Waals surface area contributed by atoms with E-state index in [-0.39, 0.29) is 0 Å². The normalized spacial score (nSPS) is 10.6. The van der Waals surface area contributed by atoms with Crippen LogP contribution in [-0.2, 0) is 0 Å². The molecule has 0 spiro atoms. The fraction of sp³-hybridized carbons (Fsp3) is 0.667. The zero-order valence-electron chi connectivity index (χ0n) is 11.2. The number of nitrogens with zero attached hydrogens (tertiary/aromatic N) is 3. The molecular formula is C12H23N5. The molecular weight excluding hydrogens is 214 g/mol. The zero-order chi connectivity index (χ0) is 12.7. The molecule has 1 heterocycles. The van der Waals surface area contributed by atoms with Crippen molar-refractivity contribution in [2.45, 2.75) is 26.3 Å². The molecule has 0 aliphatic carbocycles. The highest BCUT2D eigenvalue weighted by atomic mass is 15.2. The summed E-state index contributed by atoms with van der Waals surface area (Å²) in [5.41, 5.74) is 0. The van der Waals surface area contributed by atoms with Crippen molar-refractivity contribution in [3.8, 4) is 0 Å². The summed E-state index contributed by atoms with van der Waals surface area (Å²) < 4.78 is 0. The Kier molecular flexibility index (Phi) is 5.69. The number of aromatic nitrogens is 2. The Hall–Kier alpha value is -1.36.